The van der Waals surface area contributed by atoms with Crippen LogP contribution in [0.5, 0.6) is 0 Å². The molecule has 45 heavy (non-hydrogen) atoms. The number of hydrogen-bond acceptors (Lipinski definition) is 4. The van der Waals surface area contributed by atoms with Gasteiger partial charge in [-0.05, 0) is 87.1 Å². The summed E-state index contributed by atoms with van der Waals surface area (Å²) in [6, 6.07) is 10.5. The van der Waals surface area contributed by atoms with Gasteiger partial charge in [0.05, 0.1) is 16.8 Å². The van der Waals surface area contributed by atoms with Gasteiger partial charge in [-0.2, -0.15) is 5.26 Å². The molecule has 1 N–H and O–H groups in total. The summed E-state index contributed by atoms with van der Waals surface area (Å²) in [6.07, 6.45) is 19.2. The summed E-state index contributed by atoms with van der Waals surface area (Å²) in [5.74, 6) is 1.08. The molecule has 1 fully saturated rings. The number of benzene rings is 1. The molecule has 3 aliphatic rings. The van der Waals surface area contributed by atoms with Gasteiger partial charge in [-0.1, -0.05) is 68.4 Å². The molecule has 0 bridgehead atoms. The zero-order valence-electron chi connectivity index (χ0n) is 28.0. The lowest BCUT2D eigenvalue weighted by molar-refractivity contribution is 0.0952. The van der Waals surface area contributed by atoms with E-state index < -0.39 is 5.41 Å². The highest BCUT2D eigenvalue weighted by Crippen LogP contribution is 2.47. The monoisotopic (exact) mass is 604 g/mol. The summed E-state index contributed by atoms with van der Waals surface area (Å²) in [6.45, 7) is 16.8. The van der Waals surface area contributed by atoms with Gasteiger partial charge >= 0.3 is 0 Å². The molecule has 1 radical (unpaired) electrons. The maximum atomic E-state index is 13.3. The van der Waals surface area contributed by atoms with Crippen molar-refractivity contribution in [3.05, 3.63) is 105 Å². The van der Waals surface area contributed by atoms with Crippen molar-refractivity contribution in [3.8, 4) is 6.07 Å². The minimum absolute atomic E-state index is 0. The van der Waals surface area contributed by atoms with Crippen LogP contribution in [-0.2, 0) is 11.8 Å². The number of rotatable bonds is 8. The molecule has 0 spiro atoms. The molecule has 1 aromatic heterocycles. The predicted octanol–water partition coefficient (Wildman–Crippen LogP) is 6.54. The van der Waals surface area contributed by atoms with Gasteiger partial charge in [0, 0.05) is 57.3 Å². The number of aliphatic imine (C=N–C) groups is 1. The molecule has 237 valence electrons. The normalized spacial score (nSPS) is 21.3. The Balaban J connectivity index is 0.00000188. The minimum atomic E-state index is -0.631. The van der Waals surface area contributed by atoms with Crippen molar-refractivity contribution in [2.45, 2.75) is 79.1 Å². The fourth-order valence-electron chi connectivity index (χ4n) is 5.89. The van der Waals surface area contributed by atoms with E-state index in [1.165, 1.54) is 17.6 Å². The molecular formula is C39H50N5O. The number of nitriles is 1. The number of nitrogens with zero attached hydrogens (tertiary/aromatic N) is 4. The second-order valence-electron chi connectivity index (χ2n) is 12.1. The maximum absolute atomic E-state index is 13.3. The number of amidine groups is 1. The fourth-order valence-corrected chi connectivity index (χ4v) is 5.89. The number of carbonyl (C=O) groups is 1. The van der Waals surface area contributed by atoms with Crippen LogP contribution < -0.4 is 15.9 Å². The lowest BCUT2D eigenvalue weighted by Gasteiger charge is -2.32. The highest BCUT2D eigenvalue weighted by molar-refractivity contribution is 5.94. The molecule has 2 heterocycles. The Labute approximate surface area is 271 Å². The van der Waals surface area contributed by atoms with E-state index in [1.807, 2.05) is 77.4 Å². The molecule has 2 aliphatic carbocycles. The lowest BCUT2D eigenvalue weighted by Crippen LogP contribution is -2.40. The average Bonchev–Trinajstić information content (AvgIpc) is 3.77. The molecular weight excluding hydrogens is 554 g/mol. The Hall–Kier alpha value is -4.24. The van der Waals surface area contributed by atoms with Gasteiger partial charge < -0.3 is 10.2 Å². The number of aromatic nitrogens is 1. The summed E-state index contributed by atoms with van der Waals surface area (Å²) in [4.78, 5) is 25.0. The van der Waals surface area contributed by atoms with Crippen molar-refractivity contribution >= 4 is 23.9 Å². The topological polar surface area (TPSA) is 81.4 Å². The molecule has 5 rings (SSSR count). The van der Waals surface area contributed by atoms with Crippen LogP contribution in [0.1, 0.15) is 95.7 Å². The number of fused-ring (bicyclic) bond motifs is 1. The molecule has 3 atom stereocenters. The number of amides is 1. The maximum Gasteiger partial charge on any atom is 0.251 e. The van der Waals surface area contributed by atoms with Gasteiger partial charge in [-0.25, -0.2) is 4.99 Å². The first-order valence-corrected chi connectivity index (χ1v) is 16.4. The van der Waals surface area contributed by atoms with E-state index in [-0.39, 0.29) is 19.2 Å². The lowest BCUT2D eigenvalue weighted by atomic mass is 9.77. The van der Waals surface area contributed by atoms with Crippen LogP contribution in [-0.4, -0.2) is 41.3 Å². The summed E-state index contributed by atoms with van der Waals surface area (Å²) in [5, 5.41) is 15.1. The average molecular weight is 605 g/mol. The number of allylic oxidation sites excluding steroid dienone is 4. The minimum Gasteiger partial charge on any atom is -0.360 e. The Morgan fingerprint density at radius 1 is 1.22 bits per heavy atom. The third-order valence-corrected chi connectivity index (χ3v) is 8.87. The van der Waals surface area contributed by atoms with Crippen molar-refractivity contribution < 1.29 is 6.22 Å². The first kappa shape index (κ1) is 33.6. The first-order valence-electron chi connectivity index (χ1n) is 16.4. The number of pyridine rings is 1. The highest BCUT2D eigenvalue weighted by atomic mass is 16.1. The Morgan fingerprint density at radius 2 is 2.00 bits per heavy atom. The second-order valence-corrected chi connectivity index (χ2v) is 12.1. The standard InChI is InChI=1S/C37H42N5O.C2H6.H2/c1-6-9-27(16-31-19-33(23-40-35(31)7-2)25(3)12-13-39-26(4)42-14-8-15-42)22-41-36(43)29-11-10-28-17-30-18-32(30)21-37(5,24-38)34(28)20-29;1-2;/h6-7,9-13,16,18-20,23,25,27H,8,14-15,17,21-22H2,1-5H3,(H,41,43);1-2H3;1H/b9-6-,13-12-,31-16-,35-7+,39-26?;;/t25?,27?,37-;;/m0../s1. The SMILES string of the molecule is C/C=C\C(/C=c1/cc(C(C)/C=C\N=C(C)N2CCC2)cn/c1=C/C)CNC(=O)c1ccc2c(c1)[C@](C)(C#N)CC1=C([CH]1)C2.CC.[HH]. The van der Waals surface area contributed by atoms with E-state index in [2.05, 4.69) is 65.8 Å². The van der Waals surface area contributed by atoms with Crippen molar-refractivity contribution in [2.75, 3.05) is 19.6 Å². The molecule has 0 saturated carbocycles. The number of likely N-dealkylation sites (tertiary alicyclic amines) is 1. The third-order valence-electron chi connectivity index (χ3n) is 8.87. The number of carbonyl (C=O) groups excluding carboxylic acids is 1. The molecule has 1 aliphatic heterocycles. The van der Waals surface area contributed by atoms with Crippen LogP contribution in [0.4, 0.5) is 0 Å². The van der Waals surface area contributed by atoms with Crippen molar-refractivity contribution in [1.82, 2.24) is 15.2 Å². The van der Waals surface area contributed by atoms with Gasteiger partial charge in [0.15, 0.2) is 0 Å². The fraction of sp³-hybridized carbons (Fsp3) is 0.410. The van der Waals surface area contributed by atoms with Gasteiger partial charge in [0.25, 0.3) is 5.91 Å². The van der Waals surface area contributed by atoms with Gasteiger partial charge in [0.2, 0.25) is 0 Å². The van der Waals surface area contributed by atoms with Crippen LogP contribution in [0.15, 0.2) is 71.0 Å². The molecule has 6 heteroatoms. The van der Waals surface area contributed by atoms with Crippen LogP contribution in [0.25, 0.3) is 12.2 Å². The Kier molecular flexibility index (Phi) is 11.3. The molecule has 1 aromatic carbocycles. The van der Waals surface area contributed by atoms with E-state index >= 15 is 0 Å². The van der Waals surface area contributed by atoms with E-state index in [9.17, 15) is 10.1 Å². The predicted molar refractivity (Wildman–Crippen MR) is 188 cm³/mol. The van der Waals surface area contributed by atoms with Crippen LogP contribution >= 0.6 is 0 Å². The molecule has 6 nitrogen and oxygen atoms in total. The third kappa shape index (κ3) is 8.08. The van der Waals surface area contributed by atoms with Crippen molar-refractivity contribution in [3.63, 3.8) is 0 Å². The summed E-state index contributed by atoms with van der Waals surface area (Å²) in [5.41, 5.74) is 5.80. The van der Waals surface area contributed by atoms with Gasteiger partial charge in [-0.15, -0.1) is 0 Å². The summed E-state index contributed by atoms with van der Waals surface area (Å²) < 4.78 is 0. The van der Waals surface area contributed by atoms with E-state index in [0.717, 1.165) is 52.6 Å². The summed E-state index contributed by atoms with van der Waals surface area (Å²) >= 11 is 0. The highest BCUT2D eigenvalue weighted by Gasteiger charge is 2.39. The summed E-state index contributed by atoms with van der Waals surface area (Å²) in [7, 11) is 0. The molecule has 2 aromatic rings. The Bertz CT molecular complexity index is 1690. The molecule has 1 saturated heterocycles. The number of nitrogens with one attached hydrogen (secondary N) is 1. The van der Waals surface area contributed by atoms with E-state index in [4.69, 9.17) is 4.98 Å². The smallest absolute Gasteiger partial charge is 0.251 e. The van der Waals surface area contributed by atoms with Gasteiger partial charge in [-0.3, -0.25) is 9.78 Å². The zero-order valence-corrected chi connectivity index (χ0v) is 28.0. The van der Waals surface area contributed by atoms with Crippen LogP contribution in [0, 0.1) is 23.7 Å². The second kappa shape index (κ2) is 15.2. The van der Waals surface area contributed by atoms with Gasteiger partial charge in [0.1, 0.15) is 5.84 Å². The Morgan fingerprint density at radius 3 is 2.67 bits per heavy atom. The quantitative estimate of drug-likeness (QED) is 0.211. The largest absolute Gasteiger partial charge is 0.360 e. The van der Waals surface area contributed by atoms with Crippen molar-refractivity contribution in [2.24, 2.45) is 10.9 Å². The van der Waals surface area contributed by atoms with Crippen molar-refractivity contribution in [1.29, 1.82) is 5.26 Å². The van der Waals surface area contributed by atoms with Crippen LogP contribution in [0.2, 0.25) is 0 Å². The van der Waals surface area contributed by atoms with Crippen LogP contribution in [0.3, 0.4) is 0 Å². The number of hydrogen-bond donors (Lipinski definition) is 1. The first-order chi connectivity index (χ1) is 21.7. The van der Waals surface area contributed by atoms with E-state index in [1.54, 1.807) is 0 Å². The zero-order chi connectivity index (χ0) is 32.6. The van der Waals surface area contributed by atoms with E-state index in [0.29, 0.717) is 18.5 Å². The molecule has 1 amide bonds. The molecule has 2 unspecified atom stereocenters.